The molecule has 0 amide bonds. The minimum absolute atomic E-state index is 0.263. The van der Waals surface area contributed by atoms with Crippen LogP contribution in [0.1, 0.15) is 23.6 Å². The number of nitrogens with one attached hydrogen (secondary N) is 1. The first kappa shape index (κ1) is 20.1. The first-order valence-electron chi connectivity index (χ1n) is 9.07. The van der Waals surface area contributed by atoms with Gasteiger partial charge in [0.2, 0.25) is 10.0 Å². The van der Waals surface area contributed by atoms with Crippen LogP contribution in [0, 0.1) is 6.92 Å². The Morgan fingerprint density at radius 1 is 1.14 bits per heavy atom. The molecular weight excluding hydrogens is 376 g/mol. The lowest BCUT2D eigenvalue weighted by Gasteiger charge is -2.29. The van der Waals surface area contributed by atoms with E-state index in [0.717, 1.165) is 11.1 Å². The van der Waals surface area contributed by atoms with Crippen molar-refractivity contribution in [3.63, 3.8) is 0 Å². The third-order valence-corrected chi connectivity index (χ3v) is 6.67. The van der Waals surface area contributed by atoms with Crippen LogP contribution in [0.4, 0.5) is 0 Å². The van der Waals surface area contributed by atoms with Crippen LogP contribution in [0.15, 0.2) is 71.3 Å². The van der Waals surface area contributed by atoms with Gasteiger partial charge in [0.15, 0.2) is 0 Å². The molecule has 1 N–H and O–H groups in total. The van der Waals surface area contributed by atoms with E-state index in [4.69, 9.17) is 4.74 Å². The molecule has 0 radical (unpaired) electrons. The summed E-state index contributed by atoms with van der Waals surface area (Å²) in [7, 11) is -2.39. The topological polar surface area (TPSA) is 75.7 Å². The average molecular weight is 401 g/mol. The van der Waals surface area contributed by atoms with Crippen molar-refractivity contribution in [3.8, 4) is 0 Å². The highest BCUT2D eigenvalue weighted by Crippen LogP contribution is 2.33. The molecule has 148 valence electrons. The van der Waals surface area contributed by atoms with Gasteiger partial charge in [-0.2, -0.15) is 4.31 Å². The quantitative estimate of drug-likeness (QED) is 0.631. The molecule has 1 aliphatic heterocycles. The Kier molecular flexibility index (Phi) is 6.16. The summed E-state index contributed by atoms with van der Waals surface area (Å²) in [6, 6.07) is 15.9. The van der Waals surface area contributed by atoms with Crippen LogP contribution in [-0.4, -0.2) is 38.9 Å². The van der Waals surface area contributed by atoms with Crippen molar-refractivity contribution in [3.05, 3.63) is 77.5 Å². The highest BCUT2D eigenvalue weighted by Gasteiger charge is 2.34. The number of sulfonamides is 1. The van der Waals surface area contributed by atoms with Crippen LogP contribution in [0.2, 0.25) is 0 Å². The largest absolute Gasteiger partial charge is 0.466 e. The van der Waals surface area contributed by atoms with Gasteiger partial charge in [0, 0.05) is 31.3 Å². The third kappa shape index (κ3) is 4.43. The molecule has 1 aliphatic rings. The normalized spacial score (nSPS) is 19.6. The van der Waals surface area contributed by atoms with Crippen molar-refractivity contribution in [1.29, 1.82) is 0 Å². The van der Waals surface area contributed by atoms with Crippen molar-refractivity contribution < 1.29 is 17.9 Å². The van der Waals surface area contributed by atoms with Crippen molar-refractivity contribution in [2.75, 3.05) is 20.2 Å². The molecule has 1 unspecified atom stereocenters. The molecule has 0 spiro atoms. The zero-order valence-electron chi connectivity index (χ0n) is 16.0. The number of carbonyl (C=O) groups excluding carboxylic acids is 1. The fraction of sp³-hybridized carbons (Fsp3) is 0.286. The second-order valence-corrected chi connectivity index (χ2v) is 8.57. The van der Waals surface area contributed by atoms with Gasteiger partial charge in [-0.1, -0.05) is 48.0 Å². The van der Waals surface area contributed by atoms with E-state index in [-0.39, 0.29) is 11.4 Å². The molecule has 7 heteroatoms. The molecule has 0 aromatic heterocycles. The zero-order valence-corrected chi connectivity index (χ0v) is 16.8. The number of esters is 1. The first-order chi connectivity index (χ1) is 13.4. The van der Waals surface area contributed by atoms with Gasteiger partial charge in [0.05, 0.1) is 18.0 Å². The van der Waals surface area contributed by atoms with Crippen LogP contribution in [-0.2, 0) is 19.6 Å². The van der Waals surface area contributed by atoms with E-state index in [1.165, 1.54) is 17.5 Å². The van der Waals surface area contributed by atoms with E-state index in [2.05, 4.69) is 5.32 Å². The molecule has 1 saturated heterocycles. The molecule has 1 atom stereocenters. The lowest BCUT2D eigenvalue weighted by atomic mass is 10.0. The number of carbonyl (C=O) groups is 1. The molecule has 1 fully saturated rings. The van der Waals surface area contributed by atoms with Crippen molar-refractivity contribution in [1.82, 2.24) is 9.62 Å². The number of hydrogen-bond donors (Lipinski definition) is 1. The lowest BCUT2D eigenvalue weighted by Crippen LogP contribution is -2.36. The highest BCUT2D eigenvalue weighted by molar-refractivity contribution is 7.89. The Labute approximate surface area is 165 Å². The minimum atomic E-state index is -3.71. The number of methoxy groups -OCH3 is 1. The molecular formula is C21H24N2O4S. The van der Waals surface area contributed by atoms with E-state index in [0.29, 0.717) is 18.7 Å². The number of ether oxygens (including phenoxy) is 1. The number of benzene rings is 2. The van der Waals surface area contributed by atoms with Crippen molar-refractivity contribution in [2.24, 2.45) is 0 Å². The van der Waals surface area contributed by atoms with Gasteiger partial charge in [0.1, 0.15) is 0 Å². The van der Waals surface area contributed by atoms with Crippen molar-refractivity contribution >= 4 is 16.0 Å². The maximum absolute atomic E-state index is 13.4. The Balaban J connectivity index is 2.03. The molecule has 28 heavy (non-hydrogen) atoms. The van der Waals surface area contributed by atoms with Gasteiger partial charge in [-0.15, -0.1) is 0 Å². The van der Waals surface area contributed by atoms with Crippen LogP contribution in [0.25, 0.3) is 0 Å². The number of hydrogen-bond acceptors (Lipinski definition) is 5. The van der Waals surface area contributed by atoms with E-state index in [1.807, 2.05) is 37.3 Å². The summed E-state index contributed by atoms with van der Waals surface area (Å²) < 4.78 is 33.0. The number of rotatable bonds is 4. The predicted octanol–water partition coefficient (Wildman–Crippen LogP) is 2.78. The Morgan fingerprint density at radius 2 is 1.82 bits per heavy atom. The molecule has 6 nitrogen and oxygen atoms in total. The maximum Gasteiger partial charge on any atom is 0.332 e. The van der Waals surface area contributed by atoms with Gasteiger partial charge in [0.25, 0.3) is 0 Å². The Hall–Kier alpha value is -2.64. The fourth-order valence-corrected chi connectivity index (χ4v) is 4.88. The molecule has 1 heterocycles. The van der Waals surface area contributed by atoms with E-state index < -0.39 is 22.0 Å². The van der Waals surface area contributed by atoms with Crippen LogP contribution in [0.5, 0.6) is 0 Å². The molecule has 2 aromatic rings. The highest BCUT2D eigenvalue weighted by atomic mass is 32.2. The molecule has 0 saturated carbocycles. The maximum atomic E-state index is 13.4. The molecule has 2 aromatic carbocycles. The van der Waals surface area contributed by atoms with Gasteiger partial charge in [-0.25, -0.2) is 13.2 Å². The molecule has 0 bridgehead atoms. The monoisotopic (exact) mass is 400 g/mol. The van der Waals surface area contributed by atoms with E-state index in [9.17, 15) is 13.2 Å². The van der Waals surface area contributed by atoms with Crippen LogP contribution in [0.3, 0.4) is 0 Å². The van der Waals surface area contributed by atoms with E-state index >= 15 is 0 Å². The van der Waals surface area contributed by atoms with Gasteiger partial charge >= 0.3 is 5.97 Å². The van der Waals surface area contributed by atoms with Crippen molar-refractivity contribution in [2.45, 2.75) is 24.3 Å². The SMILES string of the molecule is COC(=O)/C=C1/CC(c2ccccc2)N(S(=O)(=O)c2ccc(C)cc2)CCN1. The summed E-state index contributed by atoms with van der Waals surface area (Å²) in [5.41, 5.74) is 2.53. The standard InChI is InChI=1S/C21H24N2O4S/c1-16-8-10-19(11-9-16)28(25,26)23-13-12-22-18(15-21(24)27-2)14-20(23)17-6-4-3-5-7-17/h3-11,15,20,22H,12-14H2,1-2H3/b18-15-. The second-order valence-electron chi connectivity index (χ2n) is 6.68. The smallest absolute Gasteiger partial charge is 0.332 e. The number of aryl methyl sites for hydroxylation is 1. The molecule has 3 rings (SSSR count). The second kappa shape index (κ2) is 8.58. The summed E-state index contributed by atoms with van der Waals surface area (Å²) >= 11 is 0. The predicted molar refractivity (Wildman–Crippen MR) is 107 cm³/mol. The summed E-state index contributed by atoms with van der Waals surface area (Å²) in [5.74, 6) is -0.468. The summed E-state index contributed by atoms with van der Waals surface area (Å²) in [6.07, 6.45) is 1.74. The summed E-state index contributed by atoms with van der Waals surface area (Å²) in [6.45, 7) is 2.61. The minimum Gasteiger partial charge on any atom is -0.466 e. The average Bonchev–Trinajstić information content (AvgIpc) is 2.92. The summed E-state index contributed by atoms with van der Waals surface area (Å²) in [4.78, 5) is 12.0. The number of nitrogens with zero attached hydrogens (tertiary/aromatic N) is 1. The van der Waals surface area contributed by atoms with Gasteiger partial charge < -0.3 is 10.1 Å². The van der Waals surface area contributed by atoms with Crippen LogP contribution < -0.4 is 5.32 Å². The lowest BCUT2D eigenvalue weighted by molar-refractivity contribution is -0.134. The van der Waals surface area contributed by atoms with E-state index in [1.54, 1.807) is 24.3 Å². The zero-order chi connectivity index (χ0) is 20.1. The van der Waals surface area contributed by atoms with Crippen LogP contribution >= 0.6 is 0 Å². The third-order valence-electron chi connectivity index (χ3n) is 4.75. The fourth-order valence-electron chi connectivity index (χ4n) is 3.27. The summed E-state index contributed by atoms with van der Waals surface area (Å²) in [5, 5.41) is 3.16. The molecule has 0 aliphatic carbocycles. The first-order valence-corrected chi connectivity index (χ1v) is 10.5. The van der Waals surface area contributed by atoms with Gasteiger partial charge in [-0.3, -0.25) is 0 Å². The van der Waals surface area contributed by atoms with Gasteiger partial charge in [-0.05, 0) is 24.6 Å². The Morgan fingerprint density at radius 3 is 2.46 bits per heavy atom. The Bertz CT molecular complexity index is 954.